The molecular formula is C28H24N4O3. The zero-order valence-corrected chi connectivity index (χ0v) is 19.4. The lowest BCUT2D eigenvalue weighted by atomic mass is 10.1. The van der Waals surface area contributed by atoms with Gasteiger partial charge in [-0.1, -0.05) is 30.3 Å². The first kappa shape index (κ1) is 23.3. The van der Waals surface area contributed by atoms with E-state index in [2.05, 4.69) is 5.32 Å². The Morgan fingerprint density at radius 3 is 2.51 bits per heavy atom. The van der Waals surface area contributed by atoms with Crippen LogP contribution in [-0.2, 0) is 4.79 Å². The highest BCUT2D eigenvalue weighted by atomic mass is 16.5. The molecule has 7 nitrogen and oxygen atoms in total. The predicted molar refractivity (Wildman–Crippen MR) is 135 cm³/mol. The molecule has 0 fully saturated rings. The molecule has 0 atom stereocenters. The summed E-state index contributed by atoms with van der Waals surface area (Å²) in [5, 5.41) is 17.3. The van der Waals surface area contributed by atoms with Crippen molar-refractivity contribution in [1.82, 2.24) is 9.78 Å². The van der Waals surface area contributed by atoms with Crippen LogP contribution in [0.15, 0.2) is 90.6 Å². The van der Waals surface area contributed by atoms with E-state index in [1.54, 1.807) is 48.3 Å². The van der Waals surface area contributed by atoms with Gasteiger partial charge in [0.2, 0.25) is 0 Å². The van der Waals surface area contributed by atoms with Crippen LogP contribution < -0.4 is 14.8 Å². The number of anilines is 1. The van der Waals surface area contributed by atoms with Gasteiger partial charge >= 0.3 is 0 Å². The second kappa shape index (κ2) is 10.9. The van der Waals surface area contributed by atoms with E-state index < -0.39 is 5.91 Å². The Balaban J connectivity index is 1.70. The molecule has 0 saturated heterocycles. The van der Waals surface area contributed by atoms with Crippen molar-refractivity contribution >= 4 is 17.7 Å². The molecule has 174 valence electrons. The number of carbonyl (C=O) groups is 1. The number of rotatable bonds is 8. The highest BCUT2D eigenvalue weighted by Crippen LogP contribution is 2.28. The van der Waals surface area contributed by atoms with Crippen LogP contribution in [0.1, 0.15) is 12.5 Å². The van der Waals surface area contributed by atoms with Crippen LogP contribution in [-0.4, -0.2) is 29.4 Å². The molecule has 1 N–H and O–H groups in total. The van der Waals surface area contributed by atoms with Crippen molar-refractivity contribution in [1.29, 1.82) is 5.26 Å². The molecule has 1 amide bonds. The number of nitriles is 1. The molecule has 35 heavy (non-hydrogen) atoms. The maximum absolute atomic E-state index is 12.9. The maximum atomic E-state index is 12.9. The summed E-state index contributed by atoms with van der Waals surface area (Å²) in [6, 6.07) is 26.1. The first-order chi connectivity index (χ1) is 17.1. The van der Waals surface area contributed by atoms with Crippen molar-refractivity contribution < 1.29 is 14.3 Å². The normalized spacial score (nSPS) is 10.9. The molecule has 4 rings (SSSR count). The Morgan fingerprint density at radius 2 is 1.83 bits per heavy atom. The number of nitrogens with zero attached hydrogens (tertiary/aromatic N) is 3. The lowest BCUT2D eigenvalue weighted by Crippen LogP contribution is -2.13. The van der Waals surface area contributed by atoms with Gasteiger partial charge < -0.3 is 14.8 Å². The lowest BCUT2D eigenvalue weighted by Gasteiger charge is -2.07. The first-order valence-electron chi connectivity index (χ1n) is 11.1. The number of aromatic nitrogens is 2. The molecule has 0 aliphatic rings. The highest BCUT2D eigenvalue weighted by Gasteiger charge is 2.16. The Kier molecular flexibility index (Phi) is 7.24. The molecule has 0 radical (unpaired) electrons. The van der Waals surface area contributed by atoms with Crippen molar-refractivity contribution in [3.8, 4) is 34.5 Å². The zero-order chi connectivity index (χ0) is 24.6. The van der Waals surface area contributed by atoms with Crippen LogP contribution >= 0.6 is 0 Å². The third-order valence-corrected chi connectivity index (χ3v) is 5.19. The largest absolute Gasteiger partial charge is 0.497 e. The number of hydrogen-bond donors (Lipinski definition) is 1. The fourth-order valence-electron chi connectivity index (χ4n) is 3.50. The van der Waals surface area contributed by atoms with E-state index in [9.17, 15) is 10.1 Å². The average Bonchev–Trinajstić information content (AvgIpc) is 3.33. The Morgan fingerprint density at radius 1 is 1.06 bits per heavy atom. The number of carbonyl (C=O) groups excluding carboxylic acids is 1. The van der Waals surface area contributed by atoms with Crippen LogP contribution in [0.5, 0.6) is 11.5 Å². The van der Waals surface area contributed by atoms with Gasteiger partial charge in [0, 0.05) is 23.0 Å². The molecule has 1 heterocycles. The standard InChI is InChI=1S/C28H24N4O3/c1-3-35-25-14-12-23(13-15-25)30-28(33)21(18-29)16-22-19-32(24-9-5-4-6-10-24)31-27(22)20-8-7-11-26(17-20)34-2/h4-17,19H,3H2,1-2H3,(H,30,33). The fraction of sp³-hybridized carbons (Fsp3) is 0.107. The number of amides is 1. The lowest BCUT2D eigenvalue weighted by molar-refractivity contribution is -0.112. The molecule has 0 bridgehead atoms. The van der Waals surface area contributed by atoms with Gasteiger partial charge in [-0.05, 0) is 61.5 Å². The van der Waals surface area contributed by atoms with Crippen LogP contribution in [0, 0.1) is 11.3 Å². The van der Waals surface area contributed by atoms with E-state index in [0.29, 0.717) is 35.1 Å². The third-order valence-electron chi connectivity index (χ3n) is 5.19. The van der Waals surface area contributed by atoms with Gasteiger partial charge in [0.25, 0.3) is 5.91 Å². The van der Waals surface area contributed by atoms with Gasteiger partial charge in [-0.15, -0.1) is 0 Å². The highest BCUT2D eigenvalue weighted by molar-refractivity contribution is 6.10. The predicted octanol–water partition coefficient (Wildman–Crippen LogP) is 5.49. The summed E-state index contributed by atoms with van der Waals surface area (Å²) in [5.41, 5.74) is 3.42. The van der Waals surface area contributed by atoms with Gasteiger partial charge in [0.15, 0.2) is 0 Å². The molecule has 0 aliphatic heterocycles. The van der Waals surface area contributed by atoms with Gasteiger partial charge in [-0.2, -0.15) is 10.4 Å². The number of ether oxygens (including phenoxy) is 2. The molecule has 4 aromatic rings. The van der Waals surface area contributed by atoms with Crippen LogP contribution in [0.25, 0.3) is 23.0 Å². The maximum Gasteiger partial charge on any atom is 0.266 e. The van der Waals surface area contributed by atoms with Crippen LogP contribution in [0.2, 0.25) is 0 Å². The summed E-state index contributed by atoms with van der Waals surface area (Å²) >= 11 is 0. The Bertz CT molecular complexity index is 1380. The minimum absolute atomic E-state index is 0.0457. The quantitative estimate of drug-likeness (QED) is 0.275. The van der Waals surface area contributed by atoms with E-state index >= 15 is 0 Å². The number of para-hydroxylation sites is 1. The smallest absolute Gasteiger partial charge is 0.266 e. The molecule has 7 heteroatoms. The molecule has 0 spiro atoms. The minimum Gasteiger partial charge on any atom is -0.497 e. The molecule has 0 saturated carbocycles. The fourth-order valence-corrected chi connectivity index (χ4v) is 3.50. The Labute approximate surface area is 203 Å². The number of nitrogens with one attached hydrogen (secondary N) is 1. The van der Waals surface area contributed by atoms with E-state index in [1.165, 1.54) is 0 Å². The Hall–Kier alpha value is -4.83. The van der Waals surface area contributed by atoms with Crippen molar-refractivity contribution in [3.05, 3.63) is 96.2 Å². The summed E-state index contributed by atoms with van der Waals surface area (Å²) in [4.78, 5) is 12.9. The number of methoxy groups -OCH3 is 1. The van der Waals surface area contributed by atoms with E-state index in [1.807, 2.05) is 67.6 Å². The minimum atomic E-state index is -0.513. The monoisotopic (exact) mass is 464 g/mol. The zero-order valence-electron chi connectivity index (χ0n) is 19.4. The second-order valence-corrected chi connectivity index (χ2v) is 7.53. The first-order valence-corrected chi connectivity index (χ1v) is 11.1. The van der Waals surface area contributed by atoms with Gasteiger partial charge in [-0.25, -0.2) is 4.68 Å². The topological polar surface area (TPSA) is 89.2 Å². The van der Waals surface area contributed by atoms with E-state index in [0.717, 1.165) is 11.3 Å². The summed E-state index contributed by atoms with van der Waals surface area (Å²) < 4.78 is 12.5. The SMILES string of the molecule is CCOc1ccc(NC(=O)C(C#N)=Cc2cn(-c3ccccc3)nc2-c2cccc(OC)c2)cc1. The molecule has 0 unspecified atom stereocenters. The summed E-state index contributed by atoms with van der Waals surface area (Å²) in [7, 11) is 1.60. The van der Waals surface area contributed by atoms with Crippen molar-refractivity contribution in [2.45, 2.75) is 6.92 Å². The van der Waals surface area contributed by atoms with Gasteiger partial charge in [0.1, 0.15) is 28.8 Å². The van der Waals surface area contributed by atoms with E-state index in [4.69, 9.17) is 14.6 Å². The number of hydrogen-bond acceptors (Lipinski definition) is 5. The van der Waals surface area contributed by atoms with Gasteiger partial charge in [-0.3, -0.25) is 4.79 Å². The molecule has 1 aromatic heterocycles. The van der Waals surface area contributed by atoms with Gasteiger partial charge in [0.05, 0.1) is 19.4 Å². The summed E-state index contributed by atoms with van der Waals surface area (Å²) in [5.74, 6) is 0.874. The summed E-state index contributed by atoms with van der Waals surface area (Å²) in [6.07, 6.45) is 3.34. The van der Waals surface area contributed by atoms with Crippen molar-refractivity contribution in [3.63, 3.8) is 0 Å². The number of benzene rings is 3. The second-order valence-electron chi connectivity index (χ2n) is 7.53. The average molecular weight is 465 g/mol. The molecular weight excluding hydrogens is 440 g/mol. The van der Waals surface area contributed by atoms with Crippen molar-refractivity contribution in [2.75, 3.05) is 19.0 Å². The van der Waals surface area contributed by atoms with Crippen LogP contribution in [0.3, 0.4) is 0 Å². The molecule has 3 aromatic carbocycles. The van der Waals surface area contributed by atoms with Crippen LogP contribution in [0.4, 0.5) is 5.69 Å². The third kappa shape index (κ3) is 5.57. The van der Waals surface area contributed by atoms with E-state index in [-0.39, 0.29) is 5.57 Å². The van der Waals surface area contributed by atoms with Crippen molar-refractivity contribution in [2.24, 2.45) is 0 Å². The summed E-state index contributed by atoms with van der Waals surface area (Å²) in [6.45, 7) is 2.46. The molecule has 0 aliphatic carbocycles.